The van der Waals surface area contributed by atoms with Crippen molar-refractivity contribution in [3.8, 4) is 5.75 Å². The maximum Gasteiger partial charge on any atom is 0.337 e. The summed E-state index contributed by atoms with van der Waals surface area (Å²) in [5.41, 5.74) is 8.07. The molecule has 0 heterocycles. The second kappa shape index (κ2) is 6.17. The molecule has 0 aromatic heterocycles. The van der Waals surface area contributed by atoms with Crippen molar-refractivity contribution in [2.75, 3.05) is 24.8 Å². The van der Waals surface area contributed by atoms with Gasteiger partial charge in [0.2, 0.25) is 0 Å². The number of nitrogens with zero attached hydrogens (tertiary/aromatic N) is 1. The van der Waals surface area contributed by atoms with Gasteiger partial charge in [-0.1, -0.05) is 18.2 Å². The number of benzene rings is 2. The number of carboxylic acids is 1. The van der Waals surface area contributed by atoms with Crippen LogP contribution in [0.5, 0.6) is 5.75 Å². The predicted molar refractivity (Wildman–Crippen MR) is 82.9 cm³/mol. The number of hydrogen-bond acceptors (Lipinski definition) is 4. The molecule has 0 saturated carbocycles. The van der Waals surface area contributed by atoms with Gasteiger partial charge in [0.05, 0.1) is 18.4 Å². The van der Waals surface area contributed by atoms with Gasteiger partial charge >= 0.3 is 5.97 Å². The first-order valence-electron chi connectivity index (χ1n) is 6.48. The lowest BCUT2D eigenvalue weighted by Crippen LogP contribution is -2.20. The maximum atomic E-state index is 11.3. The third-order valence-electron chi connectivity index (χ3n) is 3.26. The molecule has 0 unspecified atom stereocenters. The lowest BCUT2D eigenvalue weighted by Gasteiger charge is -2.22. The average Bonchev–Trinajstić information content (AvgIpc) is 2.47. The van der Waals surface area contributed by atoms with Crippen LogP contribution in [0.15, 0.2) is 42.5 Å². The molecule has 0 saturated heterocycles. The lowest BCUT2D eigenvalue weighted by atomic mass is 10.1. The van der Waals surface area contributed by atoms with E-state index in [0.29, 0.717) is 17.9 Å². The van der Waals surface area contributed by atoms with Gasteiger partial charge in [0.15, 0.2) is 0 Å². The zero-order valence-electron chi connectivity index (χ0n) is 12.0. The van der Waals surface area contributed by atoms with Crippen LogP contribution in [0.3, 0.4) is 0 Å². The molecule has 3 N–H and O–H groups in total. The lowest BCUT2D eigenvalue weighted by molar-refractivity contribution is 0.0697. The zero-order chi connectivity index (χ0) is 15.4. The number of nitrogen functional groups attached to an aromatic ring is 1. The Hall–Kier alpha value is -2.69. The van der Waals surface area contributed by atoms with Crippen LogP contribution >= 0.6 is 0 Å². The van der Waals surface area contributed by atoms with Gasteiger partial charge in [-0.15, -0.1) is 0 Å². The van der Waals surface area contributed by atoms with E-state index in [1.54, 1.807) is 19.2 Å². The van der Waals surface area contributed by atoms with E-state index >= 15 is 0 Å². The standard InChI is InChI=1S/C16H18N2O3/c1-18(10-11-5-3-4-6-15(11)21-2)14-9-12(17)7-8-13(14)16(19)20/h3-9H,10,17H2,1-2H3,(H,19,20). The minimum absolute atomic E-state index is 0.224. The smallest absolute Gasteiger partial charge is 0.337 e. The number of anilines is 2. The molecule has 0 radical (unpaired) electrons. The van der Waals surface area contributed by atoms with Gasteiger partial charge in [-0.2, -0.15) is 0 Å². The summed E-state index contributed by atoms with van der Waals surface area (Å²) >= 11 is 0. The highest BCUT2D eigenvalue weighted by Gasteiger charge is 2.15. The number of methoxy groups -OCH3 is 1. The summed E-state index contributed by atoms with van der Waals surface area (Å²) in [6.45, 7) is 0.522. The third kappa shape index (κ3) is 3.25. The van der Waals surface area contributed by atoms with E-state index in [1.165, 1.54) is 6.07 Å². The van der Waals surface area contributed by atoms with E-state index in [4.69, 9.17) is 10.5 Å². The highest BCUT2D eigenvalue weighted by molar-refractivity contribution is 5.95. The molecule has 0 amide bonds. The molecule has 0 aliphatic rings. The van der Waals surface area contributed by atoms with Crippen molar-refractivity contribution in [1.82, 2.24) is 0 Å². The number of para-hydroxylation sites is 1. The number of nitrogens with two attached hydrogens (primary N) is 1. The number of ether oxygens (including phenoxy) is 1. The van der Waals surface area contributed by atoms with Gasteiger partial charge in [0, 0.05) is 24.8 Å². The van der Waals surface area contributed by atoms with Gasteiger partial charge in [0.1, 0.15) is 5.75 Å². The SMILES string of the molecule is COc1ccccc1CN(C)c1cc(N)ccc1C(=O)O. The van der Waals surface area contributed by atoms with Crippen LogP contribution in [0.1, 0.15) is 15.9 Å². The first kappa shape index (κ1) is 14.7. The first-order chi connectivity index (χ1) is 10.0. The summed E-state index contributed by atoms with van der Waals surface area (Å²) < 4.78 is 5.32. The summed E-state index contributed by atoms with van der Waals surface area (Å²) in [5, 5.41) is 9.28. The topological polar surface area (TPSA) is 75.8 Å². The predicted octanol–water partition coefficient (Wildman–Crippen LogP) is 2.61. The molecule has 2 rings (SSSR count). The highest BCUT2D eigenvalue weighted by Crippen LogP contribution is 2.26. The molecule has 0 aliphatic heterocycles. The van der Waals surface area contributed by atoms with E-state index in [0.717, 1.165) is 11.3 Å². The van der Waals surface area contributed by atoms with Gasteiger partial charge in [-0.05, 0) is 24.3 Å². The van der Waals surface area contributed by atoms with E-state index in [1.807, 2.05) is 36.2 Å². The van der Waals surface area contributed by atoms with Crippen LogP contribution in [0.4, 0.5) is 11.4 Å². The fourth-order valence-electron chi connectivity index (χ4n) is 2.22. The Morgan fingerprint density at radius 1 is 1.29 bits per heavy atom. The minimum atomic E-state index is -0.975. The normalized spacial score (nSPS) is 10.2. The maximum absolute atomic E-state index is 11.3. The molecular weight excluding hydrogens is 268 g/mol. The van der Waals surface area contributed by atoms with E-state index in [2.05, 4.69) is 0 Å². The molecule has 5 heteroatoms. The number of carbonyl (C=O) groups is 1. The molecule has 0 bridgehead atoms. The number of rotatable bonds is 5. The Labute approximate surface area is 123 Å². The quantitative estimate of drug-likeness (QED) is 0.826. The van der Waals surface area contributed by atoms with E-state index < -0.39 is 5.97 Å². The molecule has 5 nitrogen and oxygen atoms in total. The zero-order valence-corrected chi connectivity index (χ0v) is 12.0. The van der Waals surface area contributed by atoms with Gasteiger partial charge in [0.25, 0.3) is 0 Å². The highest BCUT2D eigenvalue weighted by atomic mass is 16.5. The van der Waals surface area contributed by atoms with Crippen LogP contribution < -0.4 is 15.4 Å². The molecule has 0 fully saturated rings. The van der Waals surface area contributed by atoms with Crippen molar-refractivity contribution in [2.24, 2.45) is 0 Å². The number of aromatic carboxylic acids is 1. The number of carboxylic acid groups (broad SMARTS) is 1. The van der Waals surface area contributed by atoms with Crippen molar-refractivity contribution in [2.45, 2.75) is 6.54 Å². The molecule has 0 aliphatic carbocycles. The average molecular weight is 286 g/mol. The summed E-state index contributed by atoms with van der Waals surface area (Å²) in [4.78, 5) is 13.2. The van der Waals surface area contributed by atoms with Crippen LogP contribution in [-0.4, -0.2) is 25.2 Å². The number of hydrogen-bond donors (Lipinski definition) is 2. The van der Waals surface area contributed by atoms with Crippen molar-refractivity contribution in [3.05, 3.63) is 53.6 Å². The molecule has 0 atom stereocenters. The first-order valence-corrected chi connectivity index (χ1v) is 6.48. The molecule has 2 aromatic carbocycles. The second-order valence-corrected chi connectivity index (χ2v) is 4.75. The fraction of sp³-hybridized carbons (Fsp3) is 0.188. The van der Waals surface area contributed by atoms with Crippen molar-refractivity contribution < 1.29 is 14.6 Å². The summed E-state index contributed by atoms with van der Waals surface area (Å²) in [6, 6.07) is 12.4. The van der Waals surface area contributed by atoms with Crippen molar-refractivity contribution in [1.29, 1.82) is 0 Å². The Balaban J connectivity index is 2.34. The largest absolute Gasteiger partial charge is 0.496 e. The van der Waals surface area contributed by atoms with E-state index in [-0.39, 0.29) is 5.56 Å². The minimum Gasteiger partial charge on any atom is -0.496 e. The Morgan fingerprint density at radius 2 is 2.00 bits per heavy atom. The Kier molecular flexibility index (Phi) is 4.33. The van der Waals surface area contributed by atoms with Crippen molar-refractivity contribution in [3.63, 3.8) is 0 Å². The summed E-state index contributed by atoms with van der Waals surface area (Å²) in [5.74, 6) is -0.206. The molecule has 0 spiro atoms. The Bertz CT molecular complexity index is 656. The van der Waals surface area contributed by atoms with Gasteiger partial charge in [-0.25, -0.2) is 4.79 Å². The van der Waals surface area contributed by atoms with Crippen LogP contribution in [0, 0.1) is 0 Å². The second-order valence-electron chi connectivity index (χ2n) is 4.75. The third-order valence-corrected chi connectivity index (χ3v) is 3.26. The molecule has 21 heavy (non-hydrogen) atoms. The van der Waals surface area contributed by atoms with Crippen LogP contribution in [0.2, 0.25) is 0 Å². The Morgan fingerprint density at radius 3 is 2.67 bits per heavy atom. The fourth-order valence-corrected chi connectivity index (χ4v) is 2.22. The molecule has 2 aromatic rings. The van der Waals surface area contributed by atoms with Crippen LogP contribution in [-0.2, 0) is 6.54 Å². The molecule has 110 valence electrons. The van der Waals surface area contributed by atoms with Crippen molar-refractivity contribution >= 4 is 17.3 Å². The van der Waals surface area contributed by atoms with Gasteiger partial charge < -0.3 is 20.5 Å². The van der Waals surface area contributed by atoms with E-state index in [9.17, 15) is 9.90 Å². The molecular formula is C16H18N2O3. The van der Waals surface area contributed by atoms with Gasteiger partial charge in [-0.3, -0.25) is 0 Å². The van der Waals surface area contributed by atoms with Crippen LogP contribution in [0.25, 0.3) is 0 Å². The summed E-state index contributed by atoms with van der Waals surface area (Å²) in [6.07, 6.45) is 0. The summed E-state index contributed by atoms with van der Waals surface area (Å²) in [7, 11) is 3.44. The monoisotopic (exact) mass is 286 g/mol.